The minimum absolute atomic E-state index is 0.0148. The number of hydrogen-bond acceptors (Lipinski definition) is 7. The normalized spacial score (nSPS) is 13.5. The zero-order valence-electron chi connectivity index (χ0n) is 25.6. The number of rotatable bonds is 6. The second-order valence-electron chi connectivity index (χ2n) is 11.4. The van der Waals surface area contributed by atoms with Crippen molar-refractivity contribution in [3.05, 3.63) is 148 Å². The number of aryl methyl sites for hydroxylation is 2. The van der Waals surface area contributed by atoms with E-state index in [9.17, 15) is 28.8 Å². The van der Waals surface area contributed by atoms with Gasteiger partial charge in [0.15, 0.2) is 0 Å². The molecule has 7 rings (SSSR count). The van der Waals surface area contributed by atoms with E-state index in [1.807, 2.05) is 38.1 Å². The largest absolute Gasteiger partial charge is 0.322 e. The number of amides is 6. The first kappa shape index (κ1) is 29.9. The van der Waals surface area contributed by atoms with Gasteiger partial charge in [-0.1, -0.05) is 41.5 Å². The first-order valence-corrected chi connectivity index (χ1v) is 14.9. The number of carbonyl (C=O) groups excluding carboxylic acids is 6. The van der Waals surface area contributed by atoms with Crippen LogP contribution in [0.5, 0.6) is 0 Å². The predicted octanol–water partition coefficient (Wildman–Crippen LogP) is 5.80. The fraction of sp³-hybridized carbons (Fsp3) is 0.0541. The van der Waals surface area contributed by atoms with E-state index in [1.165, 1.54) is 54.6 Å². The number of aromatic nitrogens is 1. The molecule has 1 aromatic heterocycles. The van der Waals surface area contributed by atoms with Gasteiger partial charge in [0.05, 0.1) is 22.3 Å². The number of anilines is 4. The lowest BCUT2D eigenvalue weighted by Crippen LogP contribution is -2.33. The van der Waals surface area contributed by atoms with Gasteiger partial charge in [0.1, 0.15) is 11.6 Å². The Hall–Kier alpha value is -6.75. The highest BCUT2D eigenvalue weighted by atomic mass is 16.2. The van der Waals surface area contributed by atoms with Gasteiger partial charge < -0.3 is 10.6 Å². The number of imide groups is 2. The Balaban J connectivity index is 1.12. The summed E-state index contributed by atoms with van der Waals surface area (Å²) in [6, 6.07) is 27.1. The predicted molar refractivity (Wildman–Crippen MR) is 178 cm³/mol. The van der Waals surface area contributed by atoms with Gasteiger partial charge >= 0.3 is 0 Å². The number of carbonyl (C=O) groups is 6. The van der Waals surface area contributed by atoms with Crippen molar-refractivity contribution in [2.24, 2.45) is 0 Å². The molecule has 2 N–H and O–H groups in total. The number of pyridine rings is 1. The summed E-state index contributed by atoms with van der Waals surface area (Å²) >= 11 is 0. The molecule has 0 aliphatic carbocycles. The molecular weight excluding hydrogens is 610 g/mol. The number of nitrogens with one attached hydrogen (secondary N) is 2. The van der Waals surface area contributed by atoms with Crippen molar-refractivity contribution in [2.75, 3.05) is 20.4 Å². The van der Waals surface area contributed by atoms with Crippen LogP contribution in [0.3, 0.4) is 0 Å². The molecule has 3 heterocycles. The third-order valence-corrected chi connectivity index (χ3v) is 8.09. The van der Waals surface area contributed by atoms with Crippen LogP contribution in [0.2, 0.25) is 0 Å². The second kappa shape index (κ2) is 11.6. The van der Waals surface area contributed by atoms with Crippen LogP contribution in [-0.2, 0) is 0 Å². The highest BCUT2D eigenvalue weighted by Gasteiger charge is 2.41. The lowest BCUT2D eigenvalue weighted by Gasteiger charge is -2.17. The third kappa shape index (κ3) is 5.18. The standard InChI is InChI=1S/C37H25N5O6/c1-20-6-12-24(13-7-20)38-32(43)22-10-16-26-28(18-22)36(47)41(34(26)45)30-4-3-5-31(40-30)42-35(46)27-17-11-23(19-29(27)37(42)48)33(44)39-25-14-8-21(2)9-15-25/h3-19H,1-2H3,(H,38,43)(H,39,44). The Bertz CT molecular complexity index is 2070. The summed E-state index contributed by atoms with van der Waals surface area (Å²) in [6.07, 6.45) is 0. The number of benzene rings is 4. The molecule has 2 aliphatic heterocycles. The quantitative estimate of drug-likeness (QED) is 0.224. The van der Waals surface area contributed by atoms with E-state index < -0.39 is 35.4 Å². The molecule has 48 heavy (non-hydrogen) atoms. The molecule has 234 valence electrons. The monoisotopic (exact) mass is 635 g/mol. The molecule has 0 saturated carbocycles. The molecule has 0 unspecified atom stereocenters. The highest BCUT2D eigenvalue weighted by Crippen LogP contribution is 2.32. The molecule has 0 spiro atoms. The van der Waals surface area contributed by atoms with Gasteiger partial charge in [0.25, 0.3) is 35.4 Å². The summed E-state index contributed by atoms with van der Waals surface area (Å²) < 4.78 is 0. The molecule has 0 atom stereocenters. The summed E-state index contributed by atoms with van der Waals surface area (Å²) in [6.45, 7) is 3.85. The lowest BCUT2D eigenvalue weighted by atomic mass is 10.1. The Kier molecular flexibility index (Phi) is 7.21. The maximum atomic E-state index is 13.5. The number of nitrogens with zero attached hydrogens (tertiary/aromatic N) is 3. The fourth-order valence-corrected chi connectivity index (χ4v) is 5.52. The molecule has 0 radical (unpaired) electrons. The average Bonchev–Trinajstić information content (AvgIpc) is 3.49. The van der Waals surface area contributed by atoms with E-state index in [2.05, 4.69) is 15.6 Å². The van der Waals surface area contributed by atoms with Gasteiger partial charge in [-0.2, -0.15) is 0 Å². The van der Waals surface area contributed by atoms with Gasteiger partial charge in [0.2, 0.25) is 0 Å². The fourth-order valence-electron chi connectivity index (χ4n) is 5.52. The van der Waals surface area contributed by atoms with Crippen LogP contribution in [0.4, 0.5) is 23.0 Å². The van der Waals surface area contributed by atoms with Gasteiger partial charge in [-0.3, -0.25) is 28.8 Å². The van der Waals surface area contributed by atoms with Crippen LogP contribution in [0.1, 0.15) is 73.3 Å². The molecule has 0 fully saturated rings. The summed E-state index contributed by atoms with van der Waals surface area (Å²) in [5.74, 6) is -3.90. The molecular formula is C37H25N5O6. The first-order valence-electron chi connectivity index (χ1n) is 14.9. The van der Waals surface area contributed by atoms with Gasteiger partial charge in [-0.05, 0) is 86.6 Å². The van der Waals surface area contributed by atoms with E-state index in [0.717, 1.165) is 20.9 Å². The average molecular weight is 636 g/mol. The van der Waals surface area contributed by atoms with Crippen LogP contribution in [0, 0.1) is 13.8 Å². The topological polar surface area (TPSA) is 146 Å². The molecule has 11 heteroatoms. The van der Waals surface area contributed by atoms with E-state index in [1.54, 1.807) is 24.3 Å². The molecule has 6 amide bonds. The van der Waals surface area contributed by atoms with Crippen molar-refractivity contribution in [2.45, 2.75) is 13.8 Å². The minimum atomic E-state index is -0.712. The van der Waals surface area contributed by atoms with Crippen LogP contribution < -0.4 is 20.4 Å². The van der Waals surface area contributed by atoms with Crippen molar-refractivity contribution >= 4 is 58.5 Å². The van der Waals surface area contributed by atoms with Crippen molar-refractivity contribution in [1.29, 1.82) is 0 Å². The van der Waals surface area contributed by atoms with Crippen LogP contribution in [-0.4, -0.2) is 40.4 Å². The SMILES string of the molecule is Cc1ccc(NC(=O)c2ccc3c(c2)C(=O)N(c2cccc(N4C(=O)c5ccc(C(=O)Nc6ccc(C)cc6)cc5C4=O)n2)C3=O)cc1. The second-order valence-corrected chi connectivity index (χ2v) is 11.4. The van der Waals surface area contributed by atoms with Gasteiger partial charge in [-0.15, -0.1) is 0 Å². The summed E-state index contributed by atoms with van der Waals surface area (Å²) in [7, 11) is 0. The van der Waals surface area contributed by atoms with Crippen LogP contribution in [0.15, 0.2) is 103 Å². The molecule has 4 aromatic carbocycles. The third-order valence-electron chi connectivity index (χ3n) is 8.09. The molecule has 0 saturated heterocycles. The Labute approximate surface area is 273 Å². The Morgan fingerprint density at radius 3 is 1.27 bits per heavy atom. The maximum Gasteiger partial charge on any atom is 0.267 e. The zero-order chi connectivity index (χ0) is 33.7. The zero-order valence-corrected chi connectivity index (χ0v) is 25.6. The summed E-state index contributed by atoms with van der Waals surface area (Å²) in [4.78, 5) is 85.6. The highest BCUT2D eigenvalue weighted by molar-refractivity contribution is 6.36. The van der Waals surface area contributed by atoms with Crippen LogP contribution in [0.25, 0.3) is 0 Å². The van der Waals surface area contributed by atoms with Crippen molar-refractivity contribution in [3.8, 4) is 0 Å². The van der Waals surface area contributed by atoms with E-state index in [0.29, 0.717) is 11.4 Å². The van der Waals surface area contributed by atoms with E-state index in [-0.39, 0.29) is 45.0 Å². The van der Waals surface area contributed by atoms with Gasteiger partial charge in [0, 0.05) is 22.5 Å². The van der Waals surface area contributed by atoms with Crippen molar-refractivity contribution < 1.29 is 28.8 Å². The summed E-state index contributed by atoms with van der Waals surface area (Å²) in [5.41, 5.74) is 3.76. The minimum Gasteiger partial charge on any atom is -0.322 e. The number of fused-ring (bicyclic) bond motifs is 2. The van der Waals surface area contributed by atoms with E-state index >= 15 is 0 Å². The Morgan fingerprint density at radius 1 is 0.500 bits per heavy atom. The molecule has 2 aliphatic rings. The summed E-state index contributed by atoms with van der Waals surface area (Å²) in [5, 5.41) is 5.54. The van der Waals surface area contributed by atoms with Crippen molar-refractivity contribution in [1.82, 2.24) is 4.98 Å². The lowest BCUT2D eigenvalue weighted by molar-refractivity contribution is 0.0912. The molecule has 5 aromatic rings. The maximum absolute atomic E-state index is 13.5. The molecule has 0 bridgehead atoms. The first-order chi connectivity index (χ1) is 23.1. The van der Waals surface area contributed by atoms with Crippen LogP contribution >= 0.6 is 0 Å². The number of hydrogen-bond donors (Lipinski definition) is 2. The van der Waals surface area contributed by atoms with Crippen molar-refractivity contribution in [3.63, 3.8) is 0 Å². The smallest absolute Gasteiger partial charge is 0.267 e. The molecule has 11 nitrogen and oxygen atoms in total. The Morgan fingerprint density at radius 2 is 0.875 bits per heavy atom. The van der Waals surface area contributed by atoms with E-state index in [4.69, 9.17) is 0 Å². The van der Waals surface area contributed by atoms with Gasteiger partial charge in [-0.25, -0.2) is 14.8 Å².